The highest BCUT2D eigenvalue weighted by atomic mass is 32.2. The second-order valence-corrected chi connectivity index (χ2v) is 7.74. The summed E-state index contributed by atoms with van der Waals surface area (Å²) in [6, 6.07) is 7.91. The maximum Gasteiger partial charge on any atom is 0.255 e. The third kappa shape index (κ3) is 4.30. The number of aromatic nitrogens is 1. The Hall–Kier alpha value is -1.79. The number of carbonyl (C=O) groups is 1. The van der Waals surface area contributed by atoms with Gasteiger partial charge in [-0.25, -0.2) is 0 Å². The van der Waals surface area contributed by atoms with Crippen molar-refractivity contribution in [1.29, 1.82) is 0 Å². The first-order chi connectivity index (χ1) is 12.6. The van der Waals surface area contributed by atoms with Crippen LogP contribution in [0.5, 0.6) is 0 Å². The Labute approximate surface area is 159 Å². The number of carbonyl (C=O) groups excluding carboxylic acids is 1. The molecule has 1 aliphatic heterocycles. The first-order valence-electron chi connectivity index (χ1n) is 9.25. The van der Waals surface area contributed by atoms with Crippen molar-refractivity contribution in [1.82, 2.24) is 15.0 Å². The summed E-state index contributed by atoms with van der Waals surface area (Å²) in [4.78, 5) is 18.5. The number of piperazine rings is 1. The maximum atomic E-state index is 13.0. The van der Waals surface area contributed by atoms with E-state index in [1.54, 1.807) is 11.8 Å². The summed E-state index contributed by atoms with van der Waals surface area (Å²) < 4.78 is 5.24. The number of thioether (sulfide) groups is 1. The molecule has 0 radical (unpaired) electrons. The predicted octanol–water partition coefficient (Wildman–Crippen LogP) is 3.75. The molecule has 2 aromatic rings. The lowest BCUT2D eigenvalue weighted by atomic mass is 10.1. The molecule has 1 aliphatic rings. The molecule has 1 fully saturated rings. The van der Waals surface area contributed by atoms with Crippen LogP contribution in [0.1, 0.15) is 40.7 Å². The van der Waals surface area contributed by atoms with Crippen molar-refractivity contribution in [3.8, 4) is 0 Å². The number of benzene rings is 1. The predicted molar refractivity (Wildman–Crippen MR) is 105 cm³/mol. The lowest BCUT2D eigenvalue weighted by Gasteiger charge is -2.34. The first-order valence-corrected chi connectivity index (χ1v) is 10.2. The van der Waals surface area contributed by atoms with Crippen LogP contribution in [-0.4, -0.2) is 53.6 Å². The Morgan fingerprint density at radius 3 is 2.58 bits per heavy atom. The summed E-state index contributed by atoms with van der Waals surface area (Å²) in [5.41, 5.74) is 2.84. The Kier molecular flexibility index (Phi) is 6.38. The van der Waals surface area contributed by atoms with Gasteiger partial charge in [0.05, 0.1) is 11.3 Å². The molecule has 0 spiro atoms. The minimum atomic E-state index is 0.142. The summed E-state index contributed by atoms with van der Waals surface area (Å²) in [7, 11) is 0. The zero-order valence-electron chi connectivity index (χ0n) is 15.8. The topological polar surface area (TPSA) is 49.6 Å². The van der Waals surface area contributed by atoms with Crippen molar-refractivity contribution >= 4 is 17.7 Å². The highest BCUT2D eigenvalue weighted by Gasteiger charge is 2.23. The van der Waals surface area contributed by atoms with E-state index < -0.39 is 0 Å². The summed E-state index contributed by atoms with van der Waals surface area (Å²) in [6.45, 7) is 10.8. The van der Waals surface area contributed by atoms with Crippen molar-refractivity contribution in [3.63, 3.8) is 0 Å². The van der Waals surface area contributed by atoms with Gasteiger partial charge in [-0.1, -0.05) is 24.2 Å². The zero-order valence-corrected chi connectivity index (χ0v) is 16.6. The monoisotopic (exact) mass is 373 g/mol. The number of aryl methyl sites for hydroxylation is 2. The van der Waals surface area contributed by atoms with E-state index in [4.69, 9.17) is 4.52 Å². The molecule has 0 bridgehead atoms. The van der Waals surface area contributed by atoms with Crippen molar-refractivity contribution in [3.05, 3.63) is 46.8 Å². The van der Waals surface area contributed by atoms with Gasteiger partial charge in [-0.05, 0) is 38.9 Å². The standard InChI is InChI=1S/C20H27N3O2S/c1-4-9-22-10-12-23(13-11-22)20(24)17-7-5-6-8-19(17)26-14-18-15(2)21-25-16(18)3/h5-8H,4,9-14H2,1-3H3. The molecule has 0 N–H and O–H groups in total. The molecular formula is C20H27N3O2S. The van der Waals surface area contributed by atoms with E-state index in [0.29, 0.717) is 0 Å². The largest absolute Gasteiger partial charge is 0.361 e. The van der Waals surface area contributed by atoms with Gasteiger partial charge in [0.25, 0.3) is 5.91 Å². The van der Waals surface area contributed by atoms with Crippen molar-refractivity contribution in [2.24, 2.45) is 0 Å². The van der Waals surface area contributed by atoms with Crippen molar-refractivity contribution in [2.75, 3.05) is 32.7 Å². The molecular weight excluding hydrogens is 346 g/mol. The van der Waals surface area contributed by atoms with Crippen LogP contribution in [0.3, 0.4) is 0 Å². The van der Waals surface area contributed by atoms with Crippen LogP contribution in [-0.2, 0) is 5.75 Å². The van der Waals surface area contributed by atoms with Crippen LogP contribution in [0.15, 0.2) is 33.7 Å². The van der Waals surface area contributed by atoms with Gasteiger partial charge < -0.3 is 9.42 Å². The fraction of sp³-hybridized carbons (Fsp3) is 0.500. The first kappa shape index (κ1) is 19.0. The van der Waals surface area contributed by atoms with Gasteiger partial charge >= 0.3 is 0 Å². The van der Waals surface area contributed by atoms with Crippen molar-refractivity contribution < 1.29 is 9.32 Å². The second-order valence-electron chi connectivity index (χ2n) is 6.72. The Morgan fingerprint density at radius 2 is 1.92 bits per heavy atom. The highest BCUT2D eigenvalue weighted by Crippen LogP contribution is 2.29. The van der Waals surface area contributed by atoms with Gasteiger partial charge in [-0.3, -0.25) is 9.69 Å². The van der Waals surface area contributed by atoms with Gasteiger partial charge in [-0.2, -0.15) is 0 Å². The fourth-order valence-corrected chi connectivity index (χ4v) is 4.49. The van der Waals surface area contributed by atoms with Gasteiger partial charge in [0.15, 0.2) is 0 Å². The summed E-state index contributed by atoms with van der Waals surface area (Å²) in [6.07, 6.45) is 1.16. The molecule has 1 aromatic carbocycles. The molecule has 1 aromatic heterocycles. The molecule has 6 heteroatoms. The van der Waals surface area contributed by atoms with E-state index >= 15 is 0 Å². The number of amides is 1. The third-order valence-electron chi connectivity index (χ3n) is 4.87. The quantitative estimate of drug-likeness (QED) is 0.722. The fourth-order valence-electron chi connectivity index (χ4n) is 3.29. The molecule has 0 atom stereocenters. The average molecular weight is 374 g/mol. The van der Waals surface area contributed by atoms with E-state index in [2.05, 4.69) is 17.0 Å². The molecule has 0 saturated carbocycles. The van der Waals surface area contributed by atoms with E-state index in [9.17, 15) is 4.79 Å². The molecule has 1 saturated heterocycles. The van der Waals surface area contributed by atoms with Gasteiger partial charge in [0.2, 0.25) is 0 Å². The Bertz CT molecular complexity index is 732. The Morgan fingerprint density at radius 1 is 1.19 bits per heavy atom. The lowest BCUT2D eigenvalue weighted by Crippen LogP contribution is -2.48. The van der Waals surface area contributed by atoms with Crippen molar-refractivity contribution in [2.45, 2.75) is 37.8 Å². The molecule has 26 heavy (non-hydrogen) atoms. The van der Waals surface area contributed by atoms with Crippen LogP contribution >= 0.6 is 11.8 Å². The van der Waals surface area contributed by atoms with Gasteiger partial charge in [0, 0.05) is 42.4 Å². The van der Waals surface area contributed by atoms with Gasteiger partial charge in [0.1, 0.15) is 5.76 Å². The minimum Gasteiger partial charge on any atom is -0.361 e. The molecule has 0 aliphatic carbocycles. The van der Waals surface area contributed by atoms with E-state index in [-0.39, 0.29) is 5.91 Å². The molecule has 1 amide bonds. The smallest absolute Gasteiger partial charge is 0.255 e. The zero-order chi connectivity index (χ0) is 18.5. The number of rotatable bonds is 6. The molecule has 5 nitrogen and oxygen atoms in total. The van der Waals surface area contributed by atoms with E-state index in [0.717, 1.165) is 72.4 Å². The van der Waals surface area contributed by atoms with Gasteiger partial charge in [-0.15, -0.1) is 11.8 Å². The Balaban J connectivity index is 1.68. The lowest BCUT2D eigenvalue weighted by molar-refractivity contribution is 0.0634. The molecule has 140 valence electrons. The number of hydrogen-bond donors (Lipinski definition) is 0. The number of nitrogens with zero attached hydrogens (tertiary/aromatic N) is 3. The highest BCUT2D eigenvalue weighted by molar-refractivity contribution is 7.98. The van der Waals surface area contributed by atoms with E-state index in [1.165, 1.54) is 0 Å². The second kappa shape index (κ2) is 8.73. The van der Waals surface area contributed by atoms with Crippen LogP contribution in [0.25, 0.3) is 0 Å². The summed E-state index contributed by atoms with van der Waals surface area (Å²) in [5.74, 6) is 1.75. The minimum absolute atomic E-state index is 0.142. The van der Waals surface area contributed by atoms with Crippen LogP contribution in [0.4, 0.5) is 0 Å². The average Bonchev–Trinajstić information content (AvgIpc) is 2.98. The molecule has 3 rings (SSSR count). The van der Waals surface area contributed by atoms with Crippen LogP contribution in [0, 0.1) is 13.8 Å². The van der Waals surface area contributed by atoms with Crippen LogP contribution < -0.4 is 0 Å². The van der Waals surface area contributed by atoms with Crippen LogP contribution in [0.2, 0.25) is 0 Å². The number of hydrogen-bond acceptors (Lipinski definition) is 5. The maximum absolute atomic E-state index is 13.0. The van der Waals surface area contributed by atoms with E-state index in [1.807, 2.05) is 43.0 Å². The third-order valence-corrected chi connectivity index (χ3v) is 5.97. The summed E-state index contributed by atoms with van der Waals surface area (Å²) >= 11 is 1.68. The SMILES string of the molecule is CCCN1CCN(C(=O)c2ccccc2SCc2c(C)noc2C)CC1. The molecule has 0 unspecified atom stereocenters. The normalized spacial score (nSPS) is 15.4. The molecule has 2 heterocycles. The summed E-state index contributed by atoms with van der Waals surface area (Å²) in [5, 5.41) is 4.01.